The summed E-state index contributed by atoms with van der Waals surface area (Å²) in [5.74, 6) is -0.988. The molecule has 1 fully saturated rings. The molecule has 3 amide bonds. The number of carbonyl (C=O) groups excluding carboxylic acids is 3. The Balaban J connectivity index is 1.54. The van der Waals surface area contributed by atoms with E-state index < -0.39 is 5.82 Å². The minimum absolute atomic E-state index is 0.00118. The molecule has 0 unspecified atom stereocenters. The summed E-state index contributed by atoms with van der Waals surface area (Å²) >= 11 is 0. The summed E-state index contributed by atoms with van der Waals surface area (Å²) in [5, 5.41) is 5.73. The number of rotatable bonds is 5. The number of halogens is 1. The molecule has 1 aromatic heterocycles. The normalized spacial score (nSPS) is 18.8. The molecule has 0 bridgehead atoms. The molecule has 0 saturated carbocycles. The molecule has 168 valence electrons. The first-order valence-corrected chi connectivity index (χ1v) is 10.6. The van der Waals surface area contributed by atoms with Crippen molar-refractivity contribution in [2.24, 2.45) is 5.73 Å². The van der Waals surface area contributed by atoms with Gasteiger partial charge in [0.05, 0.1) is 11.1 Å². The molecule has 9 heteroatoms. The van der Waals surface area contributed by atoms with Crippen LogP contribution in [-0.4, -0.2) is 53.3 Å². The van der Waals surface area contributed by atoms with Crippen LogP contribution in [0.25, 0.3) is 11.6 Å². The molecule has 2 aliphatic heterocycles. The molecule has 2 aliphatic rings. The Morgan fingerprint density at radius 2 is 2.12 bits per heavy atom. The third-order valence-electron chi connectivity index (χ3n) is 5.99. The smallest absolute Gasteiger partial charge is 0.256 e. The highest BCUT2D eigenvalue weighted by Crippen LogP contribution is 2.34. The van der Waals surface area contributed by atoms with E-state index >= 15 is 0 Å². The van der Waals surface area contributed by atoms with E-state index in [1.54, 1.807) is 24.8 Å². The lowest BCUT2D eigenvalue weighted by Gasteiger charge is -2.17. The number of nitrogens with zero attached hydrogens (tertiary/aromatic N) is 1. The number of hydrogen-bond acceptors (Lipinski definition) is 4. The first kappa shape index (κ1) is 21.8. The van der Waals surface area contributed by atoms with Gasteiger partial charge in [-0.25, -0.2) is 4.39 Å². The molecule has 0 radical (unpaired) electrons. The number of benzene rings is 1. The number of aromatic nitrogens is 1. The van der Waals surface area contributed by atoms with Gasteiger partial charge in [-0.2, -0.15) is 0 Å². The molecule has 5 N–H and O–H groups in total. The number of likely N-dealkylation sites (tertiary alicyclic amines) is 1. The number of H-pyrrole nitrogens is 1. The van der Waals surface area contributed by atoms with Crippen molar-refractivity contribution < 1.29 is 18.8 Å². The standard InChI is InChI=1S/C23H26FN5O3/c1-12-19(10-17-16-9-14(24)3-4-18(16)28-22(17)31)26-13(2)21(12)23(32)27-15-6-8-29(11-15)20(30)5-7-25/h3-4,9-10,15,26H,5-8,11,25H2,1-2H3,(H,27,32)(H,28,31)/b17-10-/t15-/m0/s1. The van der Waals surface area contributed by atoms with Crippen LogP contribution in [0.4, 0.5) is 10.1 Å². The van der Waals surface area contributed by atoms with Gasteiger partial charge in [-0.05, 0) is 50.1 Å². The predicted molar refractivity (Wildman–Crippen MR) is 119 cm³/mol. The van der Waals surface area contributed by atoms with Crippen LogP contribution >= 0.6 is 0 Å². The Bertz CT molecular complexity index is 1140. The van der Waals surface area contributed by atoms with Gasteiger partial charge in [-0.3, -0.25) is 14.4 Å². The molecule has 1 aromatic carbocycles. The van der Waals surface area contributed by atoms with Crippen molar-refractivity contribution in [1.82, 2.24) is 15.2 Å². The lowest BCUT2D eigenvalue weighted by atomic mass is 10.0. The van der Waals surface area contributed by atoms with Crippen molar-refractivity contribution in [3.63, 3.8) is 0 Å². The first-order valence-electron chi connectivity index (χ1n) is 10.6. The van der Waals surface area contributed by atoms with Crippen molar-refractivity contribution in [3.8, 4) is 0 Å². The molecule has 1 atom stereocenters. The fraction of sp³-hybridized carbons (Fsp3) is 0.348. The van der Waals surface area contributed by atoms with Gasteiger partial charge in [0, 0.05) is 54.7 Å². The maximum atomic E-state index is 13.7. The first-order chi connectivity index (χ1) is 15.3. The molecule has 32 heavy (non-hydrogen) atoms. The van der Waals surface area contributed by atoms with Crippen LogP contribution in [0.1, 0.15) is 45.7 Å². The third-order valence-corrected chi connectivity index (χ3v) is 5.99. The van der Waals surface area contributed by atoms with Crippen LogP contribution in [0.5, 0.6) is 0 Å². The van der Waals surface area contributed by atoms with Crippen molar-refractivity contribution in [2.75, 3.05) is 25.0 Å². The van der Waals surface area contributed by atoms with Crippen LogP contribution in [0.2, 0.25) is 0 Å². The van der Waals surface area contributed by atoms with Crippen LogP contribution in [-0.2, 0) is 9.59 Å². The Hall–Kier alpha value is -3.46. The second kappa shape index (κ2) is 8.58. The van der Waals surface area contributed by atoms with E-state index in [-0.39, 0.29) is 23.8 Å². The number of hydrogen-bond donors (Lipinski definition) is 4. The summed E-state index contributed by atoms with van der Waals surface area (Å²) in [6, 6.07) is 4.01. The van der Waals surface area contributed by atoms with Gasteiger partial charge in [0.15, 0.2) is 0 Å². The Morgan fingerprint density at radius 3 is 2.88 bits per heavy atom. The zero-order chi connectivity index (χ0) is 23.0. The molecule has 1 saturated heterocycles. The lowest BCUT2D eigenvalue weighted by Crippen LogP contribution is -2.39. The van der Waals surface area contributed by atoms with E-state index in [4.69, 9.17) is 5.73 Å². The van der Waals surface area contributed by atoms with Gasteiger partial charge in [0.25, 0.3) is 11.8 Å². The second-order valence-electron chi connectivity index (χ2n) is 8.20. The summed E-state index contributed by atoms with van der Waals surface area (Å²) in [5.41, 5.74) is 9.30. The zero-order valence-corrected chi connectivity index (χ0v) is 18.0. The van der Waals surface area contributed by atoms with Gasteiger partial charge in [0.1, 0.15) is 5.82 Å². The molecule has 0 aliphatic carbocycles. The molecular formula is C23H26FN5O3. The number of carbonyl (C=O) groups is 3. The fourth-order valence-corrected chi connectivity index (χ4v) is 4.35. The van der Waals surface area contributed by atoms with E-state index in [0.29, 0.717) is 71.8 Å². The number of amides is 3. The van der Waals surface area contributed by atoms with Crippen LogP contribution in [0, 0.1) is 19.7 Å². The lowest BCUT2D eigenvalue weighted by molar-refractivity contribution is -0.130. The summed E-state index contributed by atoms with van der Waals surface area (Å²) in [7, 11) is 0. The van der Waals surface area contributed by atoms with Gasteiger partial charge < -0.3 is 26.3 Å². The van der Waals surface area contributed by atoms with E-state index in [1.165, 1.54) is 18.2 Å². The molecule has 3 heterocycles. The minimum Gasteiger partial charge on any atom is -0.358 e. The number of anilines is 1. The summed E-state index contributed by atoms with van der Waals surface area (Å²) in [4.78, 5) is 42.3. The van der Waals surface area contributed by atoms with Crippen molar-refractivity contribution in [1.29, 1.82) is 0 Å². The number of nitrogens with two attached hydrogens (primary N) is 1. The summed E-state index contributed by atoms with van der Waals surface area (Å²) in [6.07, 6.45) is 2.63. The molecule has 8 nitrogen and oxygen atoms in total. The minimum atomic E-state index is -0.429. The highest BCUT2D eigenvalue weighted by atomic mass is 19.1. The fourth-order valence-electron chi connectivity index (χ4n) is 4.35. The van der Waals surface area contributed by atoms with Crippen LogP contribution in [0.15, 0.2) is 18.2 Å². The monoisotopic (exact) mass is 439 g/mol. The highest BCUT2D eigenvalue weighted by molar-refractivity contribution is 6.34. The number of aromatic amines is 1. The maximum absolute atomic E-state index is 13.7. The number of aryl methyl sites for hydroxylation is 1. The van der Waals surface area contributed by atoms with Gasteiger partial charge in [-0.15, -0.1) is 0 Å². The average molecular weight is 439 g/mol. The number of nitrogens with one attached hydrogen (secondary N) is 3. The van der Waals surface area contributed by atoms with Gasteiger partial charge in [0.2, 0.25) is 5.91 Å². The Kier molecular flexibility index (Phi) is 5.84. The molecule has 2 aromatic rings. The summed E-state index contributed by atoms with van der Waals surface area (Å²) in [6.45, 7) is 4.96. The van der Waals surface area contributed by atoms with Gasteiger partial charge >= 0.3 is 0 Å². The van der Waals surface area contributed by atoms with E-state index in [2.05, 4.69) is 15.6 Å². The SMILES string of the molecule is Cc1[nH]c(/C=C2\C(=O)Nc3ccc(F)cc32)c(C)c1C(=O)N[C@H]1CCN(C(=O)CCN)C1. The second-order valence-corrected chi connectivity index (χ2v) is 8.20. The van der Waals surface area contributed by atoms with E-state index in [1.807, 2.05) is 0 Å². The Morgan fingerprint density at radius 1 is 1.34 bits per heavy atom. The van der Waals surface area contributed by atoms with E-state index in [9.17, 15) is 18.8 Å². The summed E-state index contributed by atoms with van der Waals surface area (Å²) < 4.78 is 13.7. The molecule has 4 rings (SSSR count). The molecule has 0 spiro atoms. The quantitative estimate of drug-likeness (QED) is 0.532. The highest BCUT2D eigenvalue weighted by Gasteiger charge is 2.29. The Labute approximate surface area is 185 Å². The predicted octanol–water partition coefficient (Wildman–Crippen LogP) is 1.94. The maximum Gasteiger partial charge on any atom is 0.256 e. The van der Waals surface area contributed by atoms with Crippen molar-refractivity contribution >= 4 is 35.1 Å². The van der Waals surface area contributed by atoms with Crippen LogP contribution in [0.3, 0.4) is 0 Å². The zero-order valence-electron chi connectivity index (χ0n) is 18.0. The largest absolute Gasteiger partial charge is 0.358 e. The number of fused-ring (bicyclic) bond motifs is 1. The van der Waals surface area contributed by atoms with E-state index in [0.717, 1.165) is 0 Å². The van der Waals surface area contributed by atoms with Crippen molar-refractivity contribution in [3.05, 3.63) is 52.1 Å². The van der Waals surface area contributed by atoms with Gasteiger partial charge in [-0.1, -0.05) is 0 Å². The topological polar surface area (TPSA) is 120 Å². The van der Waals surface area contributed by atoms with Crippen molar-refractivity contribution in [2.45, 2.75) is 32.7 Å². The van der Waals surface area contributed by atoms with Crippen LogP contribution < -0.4 is 16.4 Å². The third kappa shape index (κ3) is 4.03. The molecular weight excluding hydrogens is 413 g/mol. The average Bonchev–Trinajstić information content (AvgIpc) is 3.40.